The van der Waals surface area contributed by atoms with E-state index in [1.54, 1.807) is 12.1 Å². The van der Waals surface area contributed by atoms with Gasteiger partial charge in [-0.2, -0.15) is 8.42 Å². The summed E-state index contributed by atoms with van der Waals surface area (Å²) in [7, 11) is -3.62. The third kappa shape index (κ3) is 1.99. The Hall–Kier alpha value is -0.870. The normalized spacial score (nSPS) is 33.3. The van der Waals surface area contributed by atoms with Crippen LogP contribution in [0.25, 0.3) is 0 Å². The highest BCUT2D eigenvalue weighted by molar-refractivity contribution is 7.86. The van der Waals surface area contributed by atoms with E-state index in [-0.39, 0.29) is 6.10 Å². The zero-order valence-electron chi connectivity index (χ0n) is 12.4. The fourth-order valence-electron chi connectivity index (χ4n) is 5.01. The molecule has 1 aromatic carbocycles. The first-order valence-electron chi connectivity index (χ1n) is 8.01. The second kappa shape index (κ2) is 4.56. The SMILES string of the molecule is Cc1ccc(S(=O)(=O)O[C@H]2C[C@@H]3CC[C@H]2C32CCC2)cc1. The number of rotatable bonds is 3. The Morgan fingerprint density at radius 2 is 1.86 bits per heavy atom. The molecule has 3 atom stereocenters. The van der Waals surface area contributed by atoms with Gasteiger partial charge in [-0.05, 0) is 68.4 Å². The lowest BCUT2D eigenvalue weighted by atomic mass is 9.62. The number of hydrogen-bond acceptors (Lipinski definition) is 3. The van der Waals surface area contributed by atoms with Crippen molar-refractivity contribution < 1.29 is 12.6 Å². The van der Waals surface area contributed by atoms with Gasteiger partial charge in [0, 0.05) is 0 Å². The highest BCUT2D eigenvalue weighted by atomic mass is 32.2. The van der Waals surface area contributed by atoms with Crippen LogP contribution in [0.2, 0.25) is 0 Å². The Labute approximate surface area is 126 Å². The molecule has 1 aromatic rings. The molecule has 21 heavy (non-hydrogen) atoms. The van der Waals surface area contributed by atoms with Crippen LogP contribution in [0.3, 0.4) is 0 Å². The van der Waals surface area contributed by atoms with Crippen LogP contribution in [-0.2, 0) is 14.3 Å². The minimum Gasteiger partial charge on any atom is -0.263 e. The second-order valence-corrected chi connectivity index (χ2v) is 8.68. The number of aryl methyl sites for hydroxylation is 1. The summed E-state index contributed by atoms with van der Waals surface area (Å²) < 4.78 is 30.6. The van der Waals surface area contributed by atoms with Gasteiger partial charge in [-0.25, -0.2) is 0 Å². The van der Waals surface area contributed by atoms with Crippen molar-refractivity contribution in [2.24, 2.45) is 17.3 Å². The van der Waals surface area contributed by atoms with Gasteiger partial charge in [0.25, 0.3) is 10.1 Å². The minimum absolute atomic E-state index is 0.0876. The van der Waals surface area contributed by atoms with E-state index >= 15 is 0 Å². The van der Waals surface area contributed by atoms with E-state index in [1.807, 2.05) is 19.1 Å². The summed E-state index contributed by atoms with van der Waals surface area (Å²) in [6, 6.07) is 6.95. The van der Waals surface area contributed by atoms with E-state index in [4.69, 9.17) is 4.18 Å². The quantitative estimate of drug-likeness (QED) is 0.800. The van der Waals surface area contributed by atoms with Gasteiger partial charge in [0.2, 0.25) is 0 Å². The van der Waals surface area contributed by atoms with Crippen LogP contribution >= 0.6 is 0 Å². The molecule has 3 nitrogen and oxygen atoms in total. The third-order valence-electron chi connectivity index (χ3n) is 6.19. The van der Waals surface area contributed by atoms with Gasteiger partial charge in [-0.3, -0.25) is 4.18 Å². The van der Waals surface area contributed by atoms with Crippen molar-refractivity contribution in [1.29, 1.82) is 0 Å². The standard InChI is InChI=1S/C17H22O3S/c1-12-3-6-14(7-4-12)21(18,19)20-16-11-13-5-8-15(16)17(13)9-2-10-17/h3-4,6-7,13,15-16H,2,5,8-11H2,1H3/t13-,15+,16-/m0/s1. The number of benzene rings is 1. The maximum Gasteiger partial charge on any atom is 0.297 e. The van der Waals surface area contributed by atoms with Gasteiger partial charge < -0.3 is 0 Å². The van der Waals surface area contributed by atoms with Crippen LogP contribution in [0, 0.1) is 24.2 Å². The Morgan fingerprint density at radius 1 is 1.14 bits per heavy atom. The maximum atomic E-state index is 12.5. The molecule has 0 aromatic heterocycles. The van der Waals surface area contributed by atoms with Crippen molar-refractivity contribution in [3.8, 4) is 0 Å². The lowest BCUT2D eigenvalue weighted by molar-refractivity contribution is 0.0430. The van der Waals surface area contributed by atoms with Crippen molar-refractivity contribution in [3.63, 3.8) is 0 Å². The van der Waals surface area contributed by atoms with E-state index in [0.717, 1.165) is 18.4 Å². The molecule has 4 rings (SSSR count). The molecule has 3 fully saturated rings. The van der Waals surface area contributed by atoms with E-state index in [2.05, 4.69) is 0 Å². The summed E-state index contributed by atoms with van der Waals surface area (Å²) in [5, 5.41) is 0. The van der Waals surface area contributed by atoms with Crippen LogP contribution in [0.1, 0.15) is 44.1 Å². The molecule has 0 heterocycles. The molecule has 0 unspecified atom stereocenters. The average Bonchev–Trinajstić information content (AvgIpc) is 2.90. The summed E-state index contributed by atoms with van der Waals surface area (Å²) in [6.45, 7) is 1.95. The Kier molecular flexibility index (Phi) is 2.99. The molecule has 3 saturated carbocycles. The Bertz CT molecular complexity index is 643. The van der Waals surface area contributed by atoms with Gasteiger partial charge in [-0.1, -0.05) is 24.1 Å². The molecule has 114 valence electrons. The highest BCUT2D eigenvalue weighted by Gasteiger charge is 2.62. The van der Waals surface area contributed by atoms with Crippen LogP contribution < -0.4 is 0 Å². The highest BCUT2D eigenvalue weighted by Crippen LogP contribution is 2.67. The molecule has 0 radical (unpaired) electrons. The molecule has 0 N–H and O–H groups in total. The smallest absolute Gasteiger partial charge is 0.263 e. The van der Waals surface area contributed by atoms with Gasteiger partial charge in [0.15, 0.2) is 0 Å². The molecule has 0 amide bonds. The zero-order chi connectivity index (χ0) is 14.7. The fourth-order valence-corrected chi connectivity index (χ4v) is 6.12. The van der Waals surface area contributed by atoms with Crippen molar-refractivity contribution in [1.82, 2.24) is 0 Å². The predicted molar refractivity (Wildman–Crippen MR) is 80.4 cm³/mol. The predicted octanol–water partition coefficient (Wildman–Crippen LogP) is 3.67. The Morgan fingerprint density at radius 3 is 2.43 bits per heavy atom. The van der Waals surface area contributed by atoms with Crippen molar-refractivity contribution in [2.75, 3.05) is 0 Å². The molecule has 0 aliphatic heterocycles. The molecular weight excluding hydrogens is 284 g/mol. The van der Waals surface area contributed by atoms with E-state index in [9.17, 15) is 8.42 Å². The summed E-state index contributed by atoms with van der Waals surface area (Å²) in [5.74, 6) is 1.17. The molecule has 0 saturated heterocycles. The average molecular weight is 306 g/mol. The van der Waals surface area contributed by atoms with Gasteiger partial charge in [0.05, 0.1) is 11.0 Å². The first kappa shape index (κ1) is 13.8. The van der Waals surface area contributed by atoms with Crippen LogP contribution in [0.5, 0.6) is 0 Å². The summed E-state index contributed by atoms with van der Waals surface area (Å²) in [4.78, 5) is 0.290. The molecule has 4 heteroatoms. The summed E-state index contributed by atoms with van der Waals surface area (Å²) >= 11 is 0. The first-order chi connectivity index (χ1) is 10.0. The molecule has 3 aliphatic rings. The first-order valence-corrected chi connectivity index (χ1v) is 9.42. The molecule has 1 spiro atoms. The van der Waals surface area contributed by atoms with Crippen LogP contribution in [0.4, 0.5) is 0 Å². The molecular formula is C17H22O3S. The van der Waals surface area contributed by atoms with E-state index < -0.39 is 10.1 Å². The maximum absolute atomic E-state index is 12.5. The lowest BCUT2D eigenvalue weighted by Gasteiger charge is -2.43. The van der Waals surface area contributed by atoms with Crippen molar-refractivity contribution >= 4 is 10.1 Å². The molecule has 3 aliphatic carbocycles. The fraction of sp³-hybridized carbons (Fsp3) is 0.647. The van der Waals surface area contributed by atoms with Gasteiger partial charge >= 0.3 is 0 Å². The van der Waals surface area contributed by atoms with Gasteiger partial charge in [0.1, 0.15) is 0 Å². The second-order valence-electron chi connectivity index (χ2n) is 7.11. The van der Waals surface area contributed by atoms with Gasteiger partial charge in [-0.15, -0.1) is 0 Å². The summed E-state index contributed by atoms with van der Waals surface area (Å²) in [6.07, 6.45) is 7.16. The largest absolute Gasteiger partial charge is 0.297 e. The summed E-state index contributed by atoms with van der Waals surface area (Å²) in [5.41, 5.74) is 1.50. The van der Waals surface area contributed by atoms with Crippen LogP contribution in [0.15, 0.2) is 29.2 Å². The zero-order valence-corrected chi connectivity index (χ0v) is 13.2. The minimum atomic E-state index is -3.62. The Balaban J connectivity index is 1.55. The van der Waals surface area contributed by atoms with Crippen molar-refractivity contribution in [2.45, 2.75) is 56.4 Å². The lowest BCUT2D eigenvalue weighted by Crippen LogP contribution is -2.36. The van der Waals surface area contributed by atoms with E-state index in [1.165, 1.54) is 25.7 Å². The van der Waals surface area contributed by atoms with E-state index in [0.29, 0.717) is 22.1 Å². The molecule has 2 bridgehead atoms. The topological polar surface area (TPSA) is 43.4 Å². The van der Waals surface area contributed by atoms with Crippen molar-refractivity contribution in [3.05, 3.63) is 29.8 Å². The third-order valence-corrected chi connectivity index (χ3v) is 7.54. The number of hydrogen-bond donors (Lipinski definition) is 0. The van der Waals surface area contributed by atoms with Crippen LogP contribution in [-0.4, -0.2) is 14.5 Å². The monoisotopic (exact) mass is 306 g/mol.